The minimum Gasteiger partial charge on any atom is -0.505 e. The molecule has 0 saturated heterocycles. The molecule has 4 nitrogen and oxygen atoms in total. The van der Waals surface area contributed by atoms with Gasteiger partial charge in [-0.1, -0.05) is 128 Å². The average Bonchev–Trinajstić information content (AvgIpc) is 3.04. The molecule has 4 heteroatoms. The van der Waals surface area contributed by atoms with Crippen LogP contribution in [0.4, 0.5) is 0 Å². The standard InChI is InChI=1S/C40H56N2O2/c1-3-5-7-9-11-13-15-17-19-31-27-35-25-23-33(39(43)37(35)41-29-31)21-22-34-24-26-36-28-32(30-42-38(36)40(34)44)20-18-16-14-12-10-8-6-4-2/h23-30,43-44H,3-22H2,1-2H3. The van der Waals surface area contributed by atoms with Gasteiger partial charge in [0.05, 0.1) is 0 Å². The lowest BCUT2D eigenvalue weighted by Gasteiger charge is -2.11. The third-order valence-electron chi connectivity index (χ3n) is 9.23. The second-order valence-corrected chi connectivity index (χ2v) is 12.9. The topological polar surface area (TPSA) is 66.2 Å². The number of hydrogen-bond acceptors (Lipinski definition) is 4. The average molecular weight is 597 g/mol. The van der Waals surface area contributed by atoms with Gasteiger partial charge in [-0.3, -0.25) is 9.97 Å². The maximum Gasteiger partial charge on any atom is 0.144 e. The molecule has 4 rings (SSSR count). The summed E-state index contributed by atoms with van der Waals surface area (Å²) >= 11 is 0. The largest absolute Gasteiger partial charge is 0.505 e. The molecule has 4 aromatic rings. The minimum atomic E-state index is 0.255. The summed E-state index contributed by atoms with van der Waals surface area (Å²) in [6.07, 6.45) is 28.2. The maximum absolute atomic E-state index is 11.0. The van der Waals surface area contributed by atoms with Gasteiger partial charge < -0.3 is 10.2 Å². The Hall–Kier alpha value is -3.14. The Bertz CT molecular complexity index is 1320. The molecule has 2 aromatic carbocycles. The first-order chi connectivity index (χ1) is 21.6. The van der Waals surface area contributed by atoms with Crippen LogP contribution >= 0.6 is 0 Å². The van der Waals surface area contributed by atoms with Crippen LogP contribution in [0.2, 0.25) is 0 Å². The summed E-state index contributed by atoms with van der Waals surface area (Å²) in [5.74, 6) is 0.510. The number of aromatic nitrogens is 2. The number of phenolic OH excluding ortho intramolecular Hbond substituents is 2. The number of aromatic hydroxyl groups is 2. The van der Waals surface area contributed by atoms with E-state index in [0.29, 0.717) is 23.9 Å². The highest BCUT2D eigenvalue weighted by molar-refractivity contribution is 5.87. The van der Waals surface area contributed by atoms with Crippen LogP contribution in [0.3, 0.4) is 0 Å². The van der Waals surface area contributed by atoms with Crippen molar-refractivity contribution in [3.63, 3.8) is 0 Å². The molecular formula is C40H56N2O2. The quantitative estimate of drug-likeness (QED) is 0.0939. The molecule has 0 saturated carbocycles. The Morgan fingerprint density at radius 1 is 0.455 bits per heavy atom. The molecule has 0 fully saturated rings. The highest BCUT2D eigenvalue weighted by atomic mass is 16.3. The number of fused-ring (bicyclic) bond motifs is 2. The number of phenols is 2. The van der Waals surface area contributed by atoms with Gasteiger partial charge in [-0.15, -0.1) is 0 Å². The second kappa shape index (κ2) is 18.6. The van der Waals surface area contributed by atoms with Crippen LogP contribution in [0.5, 0.6) is 11.5 Å². The molecule has 0 spiro atoms. The van der Waals surface area contributed by atoms with Crippen molar-refractivity contribution in [1.29, 1.82) is 0 Å². The molecule has 0 amide bonds. The molecule has 238 valence electrons. The Morgan fingerprint density at radius 2 is 0.818 bits per heavy atom. The fourth-order valence-corrected chi connectivity index (χ4v) is 6.42. The summed E-state index contributed by atoms with van der Waals surface area (Å²) in [4.78, 5) is 9.30. The van der Waals surface area contributed by atoms with Crippen LogP contribution in [0.25, 0.3) is 21.8 Å². The van der Waals surface area contributed by atoms with E-state index >= 15 is 0 Å². The number of unbranched alkanes of at least 4 members (excludes halogenated alkanes) is 14. The molecule has 0 atom stereocenters. The summed E-state index contributed by atoms with van der Waals surface area (Å²) in [5.41, 5.74) is 5.52. The zero-order valence-electron chi connectivity index (χ0n) is 27.5. The predicted molar refractivity (Wildman–Crippen MR) is 187 cm³/mol. The molecule has 0 aliphatic rings. The highest BCUT2D eigenvalue weighted by Gasteiger charge is 2.13. The summed E-state index contributed by atoms with van der Waals surface area (Å²) in [7, 11) is 0. The van der Waals surface area contributed by atoms with Gasteiger partial charge in [0, 0.05) is 23.2 Å². The Labute approximate surface area is 266 Å². The van der Waals surface area contributed by atoms with Crippen molar-refractivity contribution in [2.24, 2.45) is 0 Å². The predicted octanol–water partition coefficient (Wildman–Crippen LogP) is 11.3. The number of aryl methyl sites for hydroxylation is 4. The first-order valence-electron chi connectivity index (χ1n) is 17.8. The summed E-state index contributed by atoms with van der Waals surface area (Å²) in [6.45, 7) is 4.53. The van der Waals surface area contributed by atoms with Crippen molar-refractivity contribution in [1.82, 2.24) is 9.97 Å². The Balaban J connectivity index is 1.27. The van der Waals surface area contributed by atoms with Crippen molar-refractivity contribution < 1.29 is 10.2 Å². The fraction of sp³-hybridized carbons (Fsp3) is 0.550. The van der Waals surface area contributed by atoms with Crippen LogP contribution < -0.4 is 0 Å². The molecule has 2 N–H and O–H groups in total. The summed E-state index contributed by atoms with van der Waals surface area (Å²) in [5, 5.41) is 24.1. The highest BCUT2D eigenvalue weighted by Crippen LogP contribution is 2.32. The van der Waals surface area contributed by atoms with E-state index in [4.69, 9.17) is 0 Å². The van der Waals surface area contributed by atoms with Crippen LogP contribution in [0.1, 0.15) is 139 Å². The zero-order chi connectivity index (χ0) is 31.0. The lowest BCUT2D eigenvalue weighted by Crippen LogP contribution is -1.96. The Kier molecular flexibility index (Phi) is 14.3. The molecule has 0 aliphatic carbocycles. The third-order valence-corrected chi connectivity index (χ3v) is 9.23. The lowest BCUT2D eigenvalue weighted by atomic mass is 9.98. The van der Waals surface area contributed by atoms with E-state index in [1.165, 1.54) is 114 Å². The molecule has 0 aliphatic heterocycles. The summed E-state index contributed by atoms with van der Waals surface area (Å²) < 4.78 is 0. The number of benzene rings is 2. The number of pyridine rings is 2. The molecule has 2 heterocycles. The maximum atomic E-state index is 11.0. The van der Waals surface area contributed by atoms with Gasteiger partial charge in [0.1, 0.15) is 22.5 Å². The molecule has 2 aromatic heterocycles. The zero-order valence-corrected chi connectivity index (χ0v) is 27.5. The van der Waals surface area contributed by atoms with Crippen LogP contribution in [-0.4, -0.2) is 20.2 Å². The first kappa shape index (κ1) is 33.7. The minimum absolute atomic E-state index is 0.255. The summed E-state index contributed by atoms with van der Waals surface area (Å²) in [6, 6.07) is 12.5. The molecule has 44 heavy (non-hydrogen) atoms. The van der Waals surface area contributed by atoms with Crippen LogP contribution in [0, 0.1) is 0 Å². The van der Waals surface area contributed by atoms with Crippen molar-refractivity contribution in [3.05, 3.63) is 71.0 Å². The van der Waals surface area contributed by atoms with Crippen LogP contribution in [0.15, 0.2) is 48.8 Å². The van der Waals surface area contributed by atoms with Gasteiger partial charge in [-0.05, 0) is 72.9 Å². The molecule has 0 unspecified atom stereocenters. The number of nitrogens with zero attached hydrogens (tertiary/aromatic N) is 2. The van der Waals surface area contributed by atoms with Crippen LogP contribution in [-0.2, 0) is 25.7 Å². The molecule has 0 radical (unpaired) electrons. The van der Waals surface area contributed by atoms with Crippen molar-refractivity contribution >= 4 is 21.8 Å². The van der Waals surface area contributed by atoms with E-state index in [2.05, 4.69) is 48.1 Å². The van der Waals surface area contributed by atoms with Gasteiger partial charge in [-0.25, -0.2) is 0 Å². The molecule has 0 bridgehead atoms. The number of rotatable bonds is 21. The van der Waals surface area contributed by atoms with E-state index in [1.807, 2.05) is 24.5 Å². The van der Waals surface area contributed by atoms with Gasteiger partial charge in [-0.2, -0.15) is 0 Å². The van der Waals surface area contributed by atoms with Gasteiger partial charge in [0.15, 0.2) is 0 Å². The van der Waals surface area contributed by atoms with Crippen molar-refractivity contribution in [3.8, 4) is 11.5 Å². The first-order valence-corrected chi connectivity index (χ1v) is 17.8. The Morgan fingerprint density at radius 3 is 1.20 bits per heavy atom. The SMILES string of the molecule is CCCCCCCCCCc1cnc2c(O)c(CCc3ccc4cc(CCCCCCCCCC)cnc4c3O)ccc2c1. The number of hydrogen-bond donors (Lipinski definition) is 2. The lowest BCUT2D eigenvalue weighted by molar-refractivity contribution is 0.467. The van der Waals surface area contributed by atoms with Gasteiger partial charge >= 0.3 is 0 Å². The van der Waals surface area contributed by atoms with E-state index in [-0.39, 0.29) is 11.5 Å². The monoisotopic (exact) mass is 596 g/mol. The van der Waals surface area contributed by atoms with E-state index < -0.39 is 0 Å². The normalized spacial score (nSPS) is 11.6. The second-order valence-electron chi connectivity index (χ2n) is 12.9. The smallest absolute Gasteiger partial charge is 0.144 e. The van der Waals surface area contributed by atoms with E-state index in [1.54, 1.807) is 0 Å². The van der Waals surface area contributed by atoms with E-state index in [9.17, 15) is 10.2 Å². The molecular weight excluding hydrogens is 540 g/mol. The fourth-order valence-electron chi connectivity index (χ4n) is 6.42. The van der Waals surface area contributed by atoms with Crippen molar-refractivity contribution in [2.75, 3.05) is 0 Å². The van der Waals surface area contributed by atoms with E-state index in [0.717, 1.165) is 34.7 Å². The van der Waals surface area contributed by atoms with Crippen molar-refractivity contribution in [2.45, 2.75) is 142 Å². The van der Waals surface area contributed by atoms with Gasteiger partial charge in [0.25, 0.3) is 0 Å². The van der Waals surface area contributed by atoms with Gasteiger partial charge in [0.2, 0.25) is 0 Å². The third kappa shape index (κ3) is 10.2.